The molecule has 0 radical (unpaired) electrons. The Balaban J connectivity index is 1.61. The summed E-state index contributed by atoms with van der Waals surface area (Å²) in [7, 11) is 0. The quantitative estimate of drug-likeness (QED) is 0.205. The molecule has 1 aliphatic carbocycles. The Morgan fingerprint density at radius 2 is 1.00 bits per heavy atom. The number of para-hydroxylation sites is 2. The molecule has 40 heavy (non-hydrogen) atoms. The van der Waals surface area contributed by atoms with Crippen LogP contribution in [0.5, 0.6) is 0 Å². The van der Waals surface area contributed by atoms with E-state index in [0.29, 0.717) is 0 Å². The van der Waals surface area contributed by atoms with E-state index in [0.717, 1.165) is 12.8 Å². The van der Waals surface area contributed by atoms with E-state index in [9.17, 15) is 0 Å². The molecule has 2 heteroatoms. The molecule has 0 bridgehead atoms. The first kappa shape index (κ1) is 21.8. The van der Waals surface area contributed by atoms with Crippen LogP contribution in [0.15, 0.2) is 127 Å². The van der Waals surface area contributed by atoms with Crippen molar-refractivity contribution < 1.29 is 0 Å². The van der Waals surface area contributed by atoms with Gasteiger partial charge in [-0.2, -0.15) is 0 Å². The summed E-state index contributed by atoms with van der Waals surface area (Å²) in [6, 6.07) is 44.3. The summed E-state index contributed by atoms with van der Waals surface area (Å²) < 4.78 is 5.00. The van der Waals surface area contributed by atoms with E-state index < -0.39 is 0 Å². The molecule has 2 aromatic heterocycles. The predicted molar refractivity (Wildman–Crippen MR) is 170 cm³/mol. The Bertz CT molecular complexity index is 2300. The average Bonchev–Trinajstić information content (AvgIpc) is 3.56. The van der Waals surface area contributed by atoms with Crippen LogP contribution in [-0.4, -0.2) is 9.13 Å². The van der Waals surface area contributed by atoms with Crippen molar-refractivity contribution in [1.29, 1.82) is 0 Å². The molecule has 0 atom stereocenters. The lowest BCUT2D eigenvalue weighted by molar-refractivity contribution is 0.888. The van der Waals surface area contributed by atoms with E-state index in [1.54, 1.807) is 0 Å². The number of allylic oxidation sites excluding steroid dienone is 1. The molecular formula is C38H26N2. The standard InChI is InChI=1S/C38H26N2/c1-3-13-25(14-4-1)39-32-22-12-11-21-31(32)35-33(39)23-24-34-37(35)36-29-19-9-7-17-27(29)28-18-8-10-20-30(28)38(36)40(34)26-15-5-2-6-16-26/h1-11,13-21,23-24H,12,22H2. The Labute approximate surface area is 232 Å². The highest BCUT2D eigenvalue weighted by molar-refractivity contribution is 6.36. The van der Waals surface area contributed by atoms with Gasteiger partial charge in [-0.25, -0.2) is 0 Å². The Hall–Kier alpha value is -5.08. The van der Waals surface area contributed by atoms with Gasteiger partial charge in [0.25, 0.3) is 0 Å². The number of fused-ring (bicyclic) bond motifs is 12. The fourth-order valence-corrected chi connectivity index (χ4v) is 7.18. The third kappa shape index (κ3) is 2.83. The van der Waals surface area contributed by atoms with Crippen LogP contribution in [0.1, 0.15) is 17.7 Å². The topological polar surface area (TPSA) is 9.86 Å². The smallest absolute Gasteiger partial charge is 0.0626 e. The summed E-state index contributed by atoms with van der Waals surface area (Å²) in [6.07, 6.45) is 6.82. The van der Waals surface area contributed by atoms with Crippen LogP contribution in [0.25, 0.3) is 71.7 Å². The van der Waals surface area contributed by atoms with E-state index in [1.807, 2.05) is 0 Å². The summed E-state index contributed by atoms with van der Waals surface area (Å²) in [5.41, 5.74) is 8.99. The van der Waals surface area contributed by atoms with E-state index in [4.69, 9.17) is 0 Å². The van der Waals surface area contributed by atoms with Crippen molar-refractivity contribution >= 4 is 60.3 Å². The van der Waals surface area contributed by atoms with Gasteiger partial charge in [0.2, 0.25) is 0 Å². The molecule has 1 aliphatic rings. The van der Waals surface area contributed by atoms with Gasteiger partial charge in [0.15, 0.2) is 0 Å². The van der Waals surface area contributed by atoms with Crippen LogP contribution < -0.4 is 0 Å². The second-order valence-corrected chi connectivity index (χ2v) is 10.8. The number of nitrogens with zero attached hydrogens (tertiary/aromatic N) is 2. The summed E-state index contributed by atoms with van der Waals surface area (Å²) in [5, 5.41) is 9.24. The third-order valence-electron chi connectivity index (χ3n) is 8.73. The molecular weight excluding hydrogens is 484 g/mol. The fraction of sp³-hybridized carbons (Fsp3) is 0.0526. The van der Waals surface area contributed by atoms with Crippen LogP contribution in [0.2, 0.25) is 0 Å². The van der Waals surface area contributed by atoms with Gasteiger partial charge in [-0.15, -0.1) is 0 Å². The first-order valence-electron chi connectivity index (χ1n) is 14.1. The lowest BCUT2D eigenvalue weighted by atomic mass is 9.94. The number of hydrogen-bond acceptors (Lipinski definition) is 0. The first-order chi connectivity index (χ1) is 19.9. The van der Waals surface area contributed by atoms with E-state index in [-0.39, 0.29) is 0 Å². The fourth-order valence-electron chi connectivity index (χ4n) is 7.18. The SMILES string of the molecule is C1=Cc2c(n(-c3ccccc3)c3ccc4c(c23)c2c3ccccc3c3ccccc3c2n4-c2ccccc2)CC1. The van der Waals surface area contributed by atoms with Crippen molar-refractivity contribution in [2.75, 3.05) is 0 Å². The van der Waals surface area contributed by atoms with Crippen molar-refractivity contribution in [3.8, 4) is 11.4 Å². The Morgan fingerprint density at radius 3 is 1.70 bits per heavy atom. The number of benzene rings is 6. The van der Waals surface area contributed by atoms with Crippen molar-refractivity contribution in [2.45, 2.75) is 12.8 Å². The molecule has 0 unspecified atom stereocenters. The lowest BCUT2D eigenvalue weighted by Crippen LogP contribution is -2.02. The zero-order valence-electron chi connectivity index (χ0n) is 22.0. The molecule has 9 rings (SSSR count). The number of aromatic nitrogens is 2. The minimum absolute atomic E-state index is 1.04. The van der Waals surface area contributed by atoms with Gasteiger partial charge in [-0.3, -0.25) is 0 Å². The molecule has 2 nitrogen and oxygen atoms in total. The van der Waals surface area contributed by atoms with E-state index >= 15 is 0 Å². The molecule has 0 saturated heterocycles. The zero-order valence-corrected chi connectivity index (χ0v) is 22.0. The monoisotopic (exact) mass is 510 g/mol. The molecule has 0 saturated carbocycles. The van der Waals surface area contributed by atoms with Gasteiger partial charge in [-0.05, 0) is 65.4 Å². The summed E-state index contributed by atoms with van der Waals surface area (Å²) in [5.74, 6) is 0. The van der Waals surface area contributed by atoms with Crippen LogP contribution >= 0.6 is 0 Å². The molecule has 0 fully saturated rings. The highest BCUT2D eigenvalue weighted by Gasteiger charge is 2.25. The second-order valence-electron chi connectivity index (χ2n) is 10.8. The van der Waals surface area contributed by atoms with Gasteiger partial charge < -0.3 is 9.13 Å². The molecule has 2 heterocycles. The van der Waals surface area contributed by atoms with Crippen LogP contribution in [-0.2, 0) is 6.42 Å². The van der Waals surface area contributed by atoms with Gasteiger partial charge in [0.1, 0.15) is 0 Å². The van der Waals surface area contributed by atoms with Gasteiger partial charge >= 0.3 is 0 Å². The normalized spacial score (nSPS) is 13.2. The highest BCUT2D eigenvalue weighted by Crippen LogP contribution is 2.47. The maximum atomic E-state index is 2.50. The lowest BCUT2D eigenvalue weighted by Gasteiger charge is -2.13. The third-order valence-corrected chi connectivity index (χ3v) is 8.73. The molecule has 0 aliphatic heterocycles. The summed E-state index contributed by atoms with van der Waals surface area (Å²) in [6.45, 7) is 0. The van der Waals surface area contributed by atoms with Crippen molar-refractivity contribution in [1.82, 2.24) is 9.13 Å². The predicted octanol–water partition coefficient (Wildman–Crippen LogP) is 9.99. The van der Waals surface area contributed by atoms with Gasteiger partial charge in [0, 0.05) is 44.2 Å². The molecule has 8 aromatic rings. The minimum Gasteiger partial charge on any atom is -0.313 e. The zero-order chi connectivity index (χ0) is 26.2. The molecule has 188 valence electrons. The molecule has 0 amide bonds. The molecule has 0 spiro atoms. The van der Waals surface area contributed by atoms with E-state index in [2.05, 4.69) is 143 Å². The second kappa shape index (κ2) is 8.21. The van der Waals surface area contributed by atoms with Crippen molar-refractivity contribution in [3.05, 3.63) is 139 Å². The number of rotatable bonds is 2. The van der Waals surface area contributed by atoms with Crippen molar-refractivity contribution in [2.24, 2.45) is 0 Å². The van der Waals surface area contributed by atoms with E-state index in [1.165, 1.54) is 76.9 Å². The van der Waals surface area contributed by atoms with Gasteiger partial charge in [0.05, 0.1) is 16.6 Å². The number of hydrogen-bond donors (Lipinski definition) is 0. The molecule has 0 N–H and O–H groups in total. The van der Waals surface area contributed by atoms with Crippen LogP contribution in [0.3, 0.4) is 0 Å². The summed E-state index contributed by atoms with van der Waals surface area (Å²) in [4.78, 5) is 0. The Kier molecular flexibility index (Phi) is 4.48. The average molecular weight is 511 g/mol. The largest absolute Gasteiger partial charge is 0.313 e. The Morgan fingerprint density at radius 1 is 0.450 bits per heavy atom. The maximum Gasteiger partial charge on any atom is 0.0626 e. The van der Waals surface area contributed by atoms with Crippen molar-refractivity contribution in [3.63, 3.8) is 0 Å². The maximum absolute atomic E-state index is 2.50. The van der Waals surface area contributed by atoms with Gasteiger partial charge in [-0.1, -0.05) is 97.1 Å². The first-order valence-corrected chi connectivity index (χ1v) is 14.1. The van der Waals surface area contributed by atoms with Crippen LogP contribution in [0, 0.1) is 0 Å². The summed E-state index contributed by atoms with van der Waals surface area (Å²) >= 11 is 0. The molecule has 6 aromatic carbocycles. The highest BCUT2D eigenvalue weighted by atomic mass is 15.0. The van der Waals surface area contributed by atoms with Crippen LogP contribution in [0.4, 0.5) is 0 Å². The minimum atomic E-state index is 1.04.